The van der Waals surface area contributed by atoms with Crippen LogP contribution in [-0.2, 0) is 22.3 Å². The molecule has 1 aromatic rings. The Hall–Kier alpha value is -1.76. The van der Waals surface area contributed by atoms with Crippen molar-refractivity contribution in [3.05, 3.63) is 34.3 Å². The molecular formula is C10H7ClF3NO3. The fourth-order valence-electron chi connectivity index (χ4n) is 1.16. The lowest BCUT2D eigenvalue weighted by Gasteiger charge is -2.11. The number of hydrogen-bond donors (Lipinski definition) is 2. The molecule has 1 aromatic carbocycles. The van der Waals surface area contributed by atoms with Gasteiger partial charge in [-0.15, -0.1) is 0 Å². The van der Waals surface area contributed by atoms with Crippen LogP contribution in [0.2, 0.25) is 5.02 Å². The number of benzene rings is 1. The van der Waals surface area contributed by atoms with E-state index in [1.807, 2.05) is 5.32 Å². The first-order valence-corrected chi connectivity index (χ1v) is 4.96. The average Bonchev–Trinajstić information content (AvgIpc) is 2.25. The van der Waals surface area contributed by atoms with Gasteiger partial charge in [-0.2, -0.15) is 13.2 Å². The highest BCUT2D eigenvalue weighted by Crippen LogP contribution is 2.35. The third kappa shape index (κ3) is 3.63. The zero-order valence-electron chi connectivity index (χ0n) is 8.71. The molecule has 0 saturated carbocycles. The van der Waals surface area contributed by atoms with Crippen molar-refractivity contribution < 1.29 is 27.9 Å². The van der Waals surface area contributed by atoms with Crippen LogP contribution in [0.25, 0.3) is 0 Å². The number of rotatable bonds is 2. The first-order valence-electron chi connectivity index (χ1n) is 4.58. The predicted molar refractivity (Wildman–Crippen MR) is 55.9 cm³/mol. The van der Waals surface area contributed by atoms with Crippen LogP contribution in [0.4, 0.5) is 13.2 Å². The summed E-state index contributed by atoms with van der Waals surface area (Å²) in [5.74, 6) is -3.00. The third-order valence-corrected chi connectivity index (χ3v) is 2.31. The lowest BCUT2D eigenvalue weighted by Crippen LogP contribution is -2.30. The second-order valence-electron chi connectivity index (χ2n) is 3.30. The molecule has 4 nitrogen and oxygen atoms in total. The molecule has 0 aliphatic carbocycles. The fourth-order valence-corrected chi connectivity index (χ4v) is 1.38. The molecule has 0 saturated heterocycles. The molecule has 98 valence electrons. The van der Waals surface area contributed by atoms with Crippen LogP contribution in [0.5, 0.6) is 0 Å². The maximum Gasteiger partial charge on any atom is 0.417 e. The van der Waals surface area contributed by atoms with E-state index in [1.165, 1.54) is 6.07 Å². The van der Waals surface area contributed by atoms with E-state index >= 15 is 0 Å². The van der Waals surface area contributed by atoms with Gasteiger partial charge in [0.2, 0.25) is 0 Å². The van der Waals surface area contributed by atoms with Crippen LogP contribution in [0, 0.1) is 0 Å². The van der Waals surface area contributed by atoms with Gasteiger partial charge in [0.25, 0.3) is 0 Å². The van der Waals surface area contributed by atoms with Gasteiger partial charge < -0.3 is 10.4 Å². The maximum atomic E-state index is 12.5. The molecule has 8 heteroatoms. The van der Waals surface area contributed by atoms with Crippen molar-refractivity contribution in [2.75, 3.05) is 0 Å². The van der Waals surface area contributed by atoms with Crippen LogP contribution in [0.15, 0.2) is 18.2 Å². The van der Waals surface area contributed by atoms with Crippen molar-refractivity contribution in [2.45, 2.75) is 12.7 Å². The monoisotopic (exact) mass is 281 g/mol. The summed E-state index contributed by atoms with van der Waals surface area (Å²) in [6.45, 7) is -0.328. The van der Waals surface area contributed by atoms with Crippen molar-refractivity contribution in [1.29, 1.82) is 0 Å². The summed E-state index contributed by atoms with van der Waals surface area (Å²) < 4.78 is 37.5. The van der Waals surface area contributed by atoms with Crippen LogP contribution < -0.4 is 5.32 Å². The summed E-state index contributed by atoms with van der Waals surface area (Å²) in [5.41, 5.74) is -0.937. The molecule has 0 fully saturated rings. The number of carbonyl (C=O) groups is 2. The van der Waals surface area contributed by atoms with Crippen molar-refractivity contribution in [2.24, 2.45) is 0 Å². The molecule has 0 radical (unpaired) electrons. The largest absolute Gasteiger partial charge is 0.474 e. The molecule has 0 bridgehead atoms. The molecule has 2 N–H and O–H groups in total. The molecule has 0 spiro atoms. The Morgan fingerprint density at radius 2 is 1.94 bits per heavy atom. The number of nitrogens with one attached hydrogen (secondary N) is 1. The smallest absolute Gasteiger partial charge is 0.417 e. The first kappa shape index (κ1) is 14.3. The normalized spacial score (nSPS) is 11.1. The SMILES string of the molecule is O=C(O)C(=O)NCc1ccc(Cl)c(C(F)(F)F)c1. The number of amides is 1. The lowest BCUT2D eigenvalue weighted by molar-refractivity contribution is -0.150. The van der Waals surface area contributed by atoms with E-state index in [2.05, 4.69) is 0 Å². The van der Waals surface area contributed by atoms with Gasteiger partial charge in [0.15, 0.2) is 0 Å². The van der Waals surface area contributed by atoms with E-state index in [1.54, 1.807) is 0 Å². The molecule has 1 amide bonds. The minimum atomic E-state index is -4.61. The van der Waals surface area contributed by atoms with Crippen LogP contribution in [-0.4, -0.2) is 17.0 Å². The highest BCUT2D eigenvalue weighted by molar-refractivity contribution is 6.31. The lowest BCUT2D eigenvalue weighted by atomic mass is 10.1. The molecule has 18 heavy (non-hydrogen) atoms. The van der Waals surface area contributed by atoms with Gasteiger partial charge in [0.05, 0.1) is 10.6 Å². The van der Waals surface area contributed by atoms with E-state index in [4.69, 9.17) is 16.7 Å². The number of carboxylic acid groups (broad SMARTS) is 1. The number of hydrogen-bond acceptors (Lipinski definition) is 2. The Labute approximate surface area is 104 Å². The zero-order valence-corrected chi connectivity index (χ0v) is 9.47. The fraction of sp³-hybridized carbons (Fsp3) is 0.200. The second kappa shape index (κ2) is 5.26. The predicted octanol–water partition coefficient (Wildman–Crippen LogP) is 2.06. The average molecular weight is 282 g/mol. The number of carbonyl (C=O) groups excluding carboxylic acids is 1. The quantitative estimate of drug-likeness (QED) is 0.816. The summed E-state index contributed by atoms with van der Waals surface area (Å²) in [6.07, 6.45) is -4.61. The van der Waals surface area contributed by atoms with Gasteiger partial charge in [-0.25, -0.2) is 4.79 Å². The number of alkyl halides is 3. The Morgan fingerprint density at radius 3 is 2.44 bits per heavy atom. The zero-order chi connectivity index (χ0) is 13.9. The molecule has 0 unspecified atom stereocenters. The topological polar surface area (TPSA) is 66.4 Å². The third-order valence-electron chi connectivity index (χ3n) is 1.98. The second-order valence-corrected chi connectivity index (χ2v) is 3.71. The Balaban J connectivity index is 2.86. The van der Waals surface area contributed by atoms with E-state index in [0.29, 0.717) is 0 Å². The van der Waals surface area contributed by atoms with E-state index in [-0.39, 0.29) is 12.1 Å². The minimum Gasteiger partial charge on any atom is -0.474 e. The molecule has 1 rings (SSSR count). The number of halogens is 4. The van der Waals surface area contributed by atoms with Gasteiger partial charge >= 0.3 is 18.1 Å². The summed E-state index contributed by atoms with van der Waals surface area (Å²) in [7, 11) is 0. The highest BCUT2D eigenvalue weighted by atomic mass is 35.5. The maximum absolute atomic E-state index is 12.5. The van der Waals surface area contributed by atoms with Gasteiger partial charge in [-0.05, 0) is 17.7 Å². The number of carboxylic acids is 1. The summed E-state index contributed by atoms with van der Waals surface area (Å²) >= 11 is 5.39. The van der Waals surface area contributed by atoms with Gasteiger partial charge in [0, 0.05) is 6.54 Å². The highest BCUT2D eigenvalue weighted by Gasteiger charge is 2.33. The van der Waals surface area contributed by atoms with Crippen LogP contribution in [0.1, 0.15) is 11.1 Å². The van der Waals surface area contributed by atoms with Crippen molar-refractivity contribution >= 4 is 23.5 Å². The van der Waals surface area contributed by atoms with E-state index in [0.717, 1.165) is 12.1 Å². The van der Waals surface area contributed by atoms with Gasteiger partial charge in [-0.1, -0.05) is 17.7 Å². The molecule has 0 heterocycles. The Kier molecular flexibility index (Phi) is 4.18. The molecule has 0 atom stereocenters. The van der Waals surface area contributed by atoms with Gasteiger partial charge in [-0.3, -0.25) is 4.79 Å². The molecule has 0 aromatic heterocycles. The molecule has 0 aliphatic rings. The van der Waals surface area contributed by atoms with Crippen molar-refractivity contribution in [3.8, 4) is 0 Å². The summed E-state index contributed by atoms with van der Waals surface area (Å²) in [4.78, 5) is 20.9. The van der Waals surface area contributed by atoms with Crippen molar-refractivity contribution in [1.82, 2.24) is 5.32 Å². The van der Waals surface area contributed by atoms with Crippen molar-refractivity contribution in [3.63, 3.8) is 0 Å². The van der Waals surface area contributed by atoms with E-state index in [9.17, 15) is 22.8 Å². The van der Waals surface area contributed by atoms with E-state index < -0.39 is 28.6 Å². The van der Waals surface area contributed by atoms with Crippen LogP contribution >= 0.6 is 11.6 Å². The standard InChI is InChI=1S/C10H7ClF3NO3/c11-7-2-1-5(3-6(7)10(12,13)14)4-15-8(16)9(17)18/h1-3H,4H2,(H,15,16)(H,17,18). The number of aliphatic carboxylic acids is 1. The Bertz CT molecular complexity index is 488. The van der Waals surface area contributed by atoms with Crippen LogP contribution in [0.3, 0.4) is 0 Å². The van der Waals surface area contributed by atoms with Gasteiger partial charge in [0.1, 0.15) is 0 Å². The first-order chi connectivity index (χ1) is 8.21. The summed E-state index contributed by atoms with van der Waals surface area (Å²) in [6, 6.07) is 3.05. The minimum absolute atomic E-state index is 0.0984. The Morgan fingerprint density at radius 1 is 1.33 bits per heavy atom. The summed E-state index contributed by atoms with van der Waals surface area (Å²) in [5, 5.41) is 9.76. The molecular weight excluding hydrogens is 275 g/mol. The molecule has 0 aliphatic heterocycles.